The molecule has 0 spiro atoms. The van der Waals surface area contributed by atoms with Crippen molar-refractivity contribution in [2.24, 2.45) is 0 Å². The maximum atomic E-state index is 4.74. The van der Waals surface area contributed by atoms with Crippen LogP contribution >= 0.6 is 0 Å². The van der Waals surface area contributed by atoms with Gasteiger partial charge in [-0.15, -0.1) is 0 Å². The monoisotopic (exact) mass is 573 g/mol. The Morgan fingerprint density at radius 3 is 1.53 bits per heavy atom. The molecule has 0 saturated carbocycles. The van der Waals surface area contributed by atoms with Gasteiger partial charge >= 0.3 is 0 Å². The van der Waals surface area contributed by atoms with Gasteiger partial charge in [0.25, 0.3) is 0 Å². The molecule has 0 radical (unpaired) electrons. The lowest BCUT2D eigenvalue weighted by Crippen LogP contribution is -1.97. The lowest BCUT2D eigenvalue weighted by Gasteiger charge is -2.18. The third-order valence-electron chi connectivity index (χ3n) is 8.91. The molecule has 45 heavy (non-hydrogen) atoms. The normalized spacial score (nSPS) is 11.6. The molecule has 3 nitrogen and oxygen atoms in total. The van der Waals surface area contributed by atoms with E-state index in [0.717, 1.165) is 22.4 Å². The molecule has 0 amide bonds. The van der Waals surface area contributed by atoms with Gasteiger partial charge in [0.15, 0.2) is 0 Å². The Kier molecular flexibility index (Phi) is 5.82. The number of rotatable bonds is 4. The van der Waals surface area contributed by atoms with Gasteiger partial charge in [0.05, 0.1) is 5.52 Å². The zero-order chi connectivity index (χ0) is 29.7. The summed E-state index contributed by atoms with van der Waals surface area (Å²) in [5, 5.41) is 7.35. The number of fused-ring (bicyclic) bond motifs is 5. The van der Waals surface area contributed by atoms with Crippen LogP contribution in [0.2, 0.25) is 0 Å². The predicted octanol–water partition coefficient (Wildman–Crippen LogP) is 10.9. The third-order valence-corrected chi connectivity index (χ3v) is 8.91. The predicted molar refractivity (Wildman–Crippen MR) is 188 cm³/mol. The minimum absolute atomic E-state index is 0.867. The number of aromatic nitrogens is 3. The van der Waals surface area contributed by atoms with Crippen molar-refractivity contribution in [1.82, 2.24) is 14.5 Å². The van der Waals surface area contributed by atoms with Crippen LogP contribution in [0.5, 0.6) is 0 Å². The zero-order valence-electron chi connectivity index (χ0n) is 24.4. The van der Waals surface area contributed by atoms with Crippen LogP contribution in [0.1, 0.15) is 0 Å². The fourth-order valence-electron chi connectivity index (χ4n) is 6.93. The van der Waals surface area contributed by atoms with Gasteiger partial charge < -0.3 is 0 Å². The molecule has 0 saturated heterocycles. The zero-order valence-corrected chi connectivity index (χ0v) is 24.4. The van der Waals surface area contributed by atoms with Crippen molar-refractivity contribution in [3.8, 4) is 39.2 Å². The molecule has 0 fully saturated rings. The number of hydrogen-bond donors (Lipinski definition) is 0. The molecule has 3 heterocycles. The average Bonchev–Trinajstić information content (AvgIpc) is 3.45. The van der Waals surface area contributed by atoms with Crippen LogP contribution in [0.3, 0.4) is 0 Å². The van der Waals surface area contributed by atoms with Gasteiger partial charge in [-0.1, -0.05) is 115 Å². The van der Waals surface area contributed by atoms with E-state index in [1.807, 2.05) is 36.7 Å². The van der Waals surface area contributed by atoms with E-state index in [1.54, 1.807) is 0 Å². The fraction of sp³-hybridized carbons (Fsp3) is 0. The smallest absolute Gasteiger partial charge is 0.146 e. The first kappa shape index (κ1) is 25.4. The van der Waals surface area contributed by atoms with Gasteiger partial charge in [-0.05, 0) is 91.3 Å². The van der Waals surface area contributed by atoms with Gasteiger partial charge in [0.1, 0.15) is 11.5 Å². The Hall–Kier alpha value is -6.06. The van der Waals surface area contributed by atoms with E-state index in [2.05, 4.69) is 137 Å². The summed E-state index contributed by atoms with van der Waals surface area (Å²) in [5.74, 6) is 0.867. The van der Waals surface area contributed by atoms with Crippen molar-refractivity contribution in [3.05, 3.63) is 164 Å². The Labute approximate surface area is 260 Å². The first-order valence-corrected chi connectivity index (χ1v) is 15.3. The molecule has 3 aromatic heterocycles. The van der Waals surface area contributed by atoms with Crippen LogP contribution in [0.25, 0.3) is 82.7 Å². The van der Waals surface area contributed by atoms with Crippen LogP contribution in [-0.4, -0.2) is 14.5 Å². The van der Waals surface area contributed by atoms with Crippen LogP contribution in [0.15, 0.2) is 164 Å². The Balaban J connectivity index is 1.20. The molecule has 0 unspecified atom stereocenters. The Morgan fingerprint density at radius 1 is 0.356 bits per heavy atom. The summed E-state index contributed by atoms with van der Waals surface area (Å²) in [7, 11) is 0. The van der Waals surface area contributed by atoms with Gasteiger partial charge in [-0.3, -0.25) is 4.57 Å². The summed E-state index contributed by atoms with van der Waals surface area (Å²) in [5.41, 5.74) is 9.37. The maximum Gasteiger partial charge on any atom is 0.146 e. The van der Waals surface area contributed by atoms with Crippen molar-refractivity contribution < 1.29 is 0 Å². The molecule has 6 aromatic carbocycles. The van der Waals surface area contributed by atoms with E-state index in [1.165, 1.54) is 60.3 Å². The lowest BCUT2D eigenvalue weighted by molar-refractivity contribution is 1.06. The van der Waals surface area contributed by atoms with Crippen molar-refractivity contribution in [3.63, 3.8) is 0 Å². The second-order valence-electron chi connectivity index (χ2n) is 11.4. The molecule has 210 valence electrons. The molecule has 0 aliphatic rings. The molecule has 0 atom stereocenters. The van der Waals surface area contributed by atoms with Crippen LogP contribution in [0.4, 0.5) is 0 Å². The Morgan fingerprint density at radius 2 is 0.889 bits per heavy atom. The first-order chi connectivity index (χ1) is 22.3. The maximum absolute atomic E-state index is 4.74. The van der Waals surface area contributed by atoms with Crippen LogP contribution in [-0.2, 0) is 0 Å². The molecule has 9 rings (SSSR count). The number of nitrogens with zero attached hydrogens (tertiary/aromatic N) is 3. The summed E-state index contributed by atoms with van der Waals surface area (Å²) in [6, 6.07) is 54.2. The van der Waals surface area contributed by atoms with Crippen molar-refractivity contribution in [2.75, 3.05) is 0 Å². The van der Waals surface area contributed by atoms with E-state index in [-0.39, 0.29) is 0 Å². The molecule has 0 aliphatic heterocycles. The van der Waals surface area contributed by atoms with Crippen molar-refractivity contribution >= 4 is 43.5 Å². The van der Waals surface area contributed by atoms with E-state index in [4.69, 9.17) is 4.98 Å². The number of hydrogen-bond acceptors (Lipinski definition) is 2. The van der Waals surface area contributed by atoms with E-state index in [0.29, 0.717) is 0 Å². The summed E-state index contributed by atoms with van der Waals surface area (Å²) < 4.78 is 2.15. The van der Waals surface area contributed by atoms with Gasteiger partial charge in [0.2, 0.25) is 0 Å². The van der Waals surface area contributed by atoms with Gasteiger partial charge in [-0.2, -0.15) is 0 Å². The van der Waals surface area contributed by atoms with Crippen molar-refractivity contribution in [2.45, 2.75) is 0 Å². The van der Waals surface area contributed by atoms with E-state index >= 15 is 0 Å². The molecule has 0 N–H and O–H groups in total. The standard InChI is InChI=1S/C42H27N3/c1-2-11-29(12-3-1)40-32-13-4-6-15-34(32)41(35-16-7-5-14-33(35)40)30-21-19-28(20-22-30)31-23-24-38-37(27-31)36-17-10-26-44-42(36)45(38)39-18-8-9-25-43-39/h1-27H. The topological polar surface area (TPSA) is 30.7 Å². The first-order valence-electron chi connectivity index (χ1n) is 15.3. The second kappa shape index (κ2) is 10.3. The third kappa shape index (κ3) is 4.05. The highest BCUT2D eigenvalue weighted by Crippen LogP contribution is 2.44. The molecular formula is C42H27N3. The molecule has 9 aromatic rings. The number of pyridine rings is 2. The second-order valence-corrected chi connectivity index (χ2v) is 11.4. The molecule has 0 bridgehead atoms. The largest absolute Gasteiger partial charge is 0.278 e. The number of benzene rings is 6. The van der Waals surface area contributed by atoms with E-state index in [9.17, 15) is 0 Å². The molecule has 3 heteroatoms. The van der Waals surface area contributed by atoms with Crippen molar-refractivity contribution in [1.29, 1.82) is 0 Å². The minimum atomic E-state index is 0.867. The van der Waals surface area contributed by atoms with Gasteiger partial charge in [-0.25, -0.2) is 9.97 Å². The Bertz CT molecular complexity index is 2450. The van der Waals surface area contributed by atoms with Crippen LogP contribution in [0, 0.1) is 0 Å². The highest BCUT2D eigenvalue weighted by Gasteiger charge is 2.17. The van der Waals surface area contributed by atoms with E-state index < -0.39 is 0 Å². The summed E-state index contributed by atoms with van der Waals surface area (Å²) in [4.78, 5) is 9.37. The summed E-state index contributed by atoms with van der Waals surface area (Å²) >= 11 is 0. The minimum Gasteiger partial charge on any atom is -0.278 e. The average molecular weight is 574 g/mol. The fourth-order valence-corrected chi connectivity index (χ4v) is 6.93. The summed E-state index contributed by atoms with van der Waals surface area (Å²) in [6.45, 7) is 0. The van der Waals surface area contributed by atoms with Gasteiger partial charge in [0, 0.05) is 23.2 Å². The summed E-state index contributed by atoms with van der Waals surface area (Å²) in [6.07, 6.45) is 3.67. The quantitative estimate of drug-likeness (QED) is 0.196. The highest BCUT2D eigenvalue weighted by molar-refractivity contribution is 6.21. The molecule has 0 aliphatic carbocycles. The van der Waals surface area contributed by atoms with Crippen LogP contribution < -0.4 is 0 Å². The SMILES string of the molecule is c1ccc(-c2c3ccccc3c(-c3ccc(-c4ccc5c(c4)c4cccnc4n5-c4ccccn4)cc3)c3ccccc23)cc1. The highest BCUT2D eigenvalue weighted by atomic mass is 15.1. The lowest BCUT2D eigenvalue weighted by atomic mass is 9.86. The molecular weight excluding hydrogens is 546 g/mol.